The molecule has 0 radical (unpaired) electrons. The van der Waals surface area contributed by atoms with Crippen molar-refractivity contribution in [3.05, 3.63) is 42.9 Å². The van der Waals surface area contributed by atoms with Gasteiger partial charge in [-0.2, -0.15) is 9.97 Å². The Bertz CT molecular complexity index is 1290. The smallest absolute Gasteiger partial charge is 0.232 e. The molecule has 0 unspecified atom stereocenters. The van der Waals surface area contributed by atoms with E-state index in [0.29, 0.717) is 24.1 Å². The van der Waals surface area contributed by atoms with E-state index < -0.39 is 0 Å². The molecule has 5 rings (SSSR count). The quantitative estimate of drug-likeness (QED) is 0.293. The topological polar surface area (TPSA) is 83.8 Å². The Kier molecular flexibility index (Phi) is 7.32. The molecule has 0 amide bonds. The van der Waals surface area contributed by atoms with Crippen molar-refractivity contribution in [2.75, 3.05) is 23.7 Å². The maximum absolute atomic E-state index is 4.96. The number of imidazole rings is 1. The number of anilines is 3. The number of aromatic nitrogens is 5. The molecular weight excluding hydrogens is 448 g/mol. The maximum Gasteiger partial charge on any atom is 0.232 e. The van der Waals surface area contributed by atoms with Crippen LogP contribution in [0.4, 0.5) is 17.6 Å². The molecule has 0 atom stereocenters. The first-order chi connectivity index (χ1) is 17.5. The number of nitrogens with zero attached hydrogens (tertiary/aromatic N) is 6. The molecule has 2 N–H and O–H groups in total. The summed E-state index contributed by atoms with van der Waals surface area (Å²) in [7, 11) is 0. The van der Waals surface area contributed by atoms with Crippen LogP contribution in [0.2, 0.25) is 0 Å². The van der Waals surface area contributed by atoms with E-state index in [1.807, 2.05) is 30.7 Å². The molecule has 1 fully saturated rings. The van der Waals surface area contributed by atoms with Crippen molar-refractivity contribution >= 4 is 39.5 Å². The Labute approximate surface area is 213 Å². The fraction of sp³-hybridized carbons (Fsp3) is 0.500. The standard InChI is InChI=1S/C28H38N8/c1-19(2)35(20(3)4)17-16-30-26-24-27(36(18-31-24)22-11-6-5-7-12-22)34-28(33-26)32-25-23-13-9-8-10-21(23)14-15-29-25/h8-10,13-15,18-20,22H,5-7,11-12,16-17H2,1-4H3,(H2,29,30,32,33,34). The van der Waals surface area contributed by atoms with Gasteiger partial charge in [-0.15, -0.1) is 0 Å². The molecule has 1 aromatic carbocycles. The molecule has 190 valence electrons. The summed E-state index contributed by atoms with van der Waals surface area (Å²) >= 11 is 0. The van der Waals surface area contributed by atoms with Crippen molar-refractivity contribution in [3.8, 4) is 0 Å². The lowest BCUT2D eigenvalue weighted by atomic mass is 9.95. The van der Waals surface area contributed by atoms with Gasteiger partial charge in [0.15, 0.2) is 17.0 Å². The lowest BCUT2D eigenvalue weighted by Crippen LogP contribution is -2.40. The van der Waals surface area contributed by atoms with Crippen molar-refractivity contribution in [2.45, 2.75) is 77.9 Å². The summed E-state index contributed by atoms with van der Waals surface area (Å²) in [5.41, 5.74) is 1.71. The lowest BCUT2D eigenvalue weighted by Gasteiger charge is -2.30. The van der Waals surface area contributed by atoms with Crippen LogP contribution in [0.15, 0.2) is 42.9 Å². The fourth-order valence-electron chi connectivity index (χ4n) is 5.46. The van der Waals surface area contributed by atoms with Crippen LogP contribution >= 0.6 is 0 Å². The summed E-state index contributed by atoms with van der Waals surface area (Å²) in [6.45, 7) is 10.7. The third-order valence-corrected chi connectivity index (χ3v) is 7.28. The SMILES string of the molecule is CC(C)N(CCNc1nc(Nc2nccc3ccccc23)nc2c1ncn2C1CCCCC1)C(C)C. The van der Waals surface area contributed by atoms with E-state index in [1.54, 1.807) is 0 Å². The van der Waals surface area contributed by atoms with Gasteiger partial charge in [0.05, 0.1) is 6.33 Å². The largest absolute Gasteiger partial charge is 0.367 e. The van der Waals surface area contributed by atoms with E-state index in [1.165, 1.54) is 32.1 Å². The zero-order chi connectivity index (χ0) is 25.1. The highest BCUT2D eigenvalue weighted by Crippen LogP contribution is 2.32. The number of pyridine rings is 1. The van der Waals surface area contributed by atoms with Gasteiger partial charge in [-0.1, -0.05) is 43.5 Å². The minimum Gasteiger partial charge on any atom is -0.367 e. The number of hydrogen-bond acceptors (Lipinski definition) is 7. The Morgan fingerprint density at radius 3 is 2.50 bits per heavy atom. The van der Waals surface area contributed by atoms with Gasteiger partial charge in [0.2, 0.25) is 5.95 Å². The van der Waals surface area contributed by atoms with Gasteiger partial charge < -0.3 is 15.2 Å². The Morgan fingerprint density at radius 2 is 1.72 bits per heavy atom. The van der Waals surface area contributed by atoms with E-state index in [9.17, 15) is 0 Å². The molecule has 0 aliphatic heterocycles. The molecule has 3 aromatic heterocycles. The van der Waals surface area contributed by atoms with E-state index in [2.05, 4.69) is 64.9 Å². The summed E-state index contributed by atoms with van der Waals surface area (Å²) < 4.78 is 2.26. The van der Waals surface area contributed by atoms with Crippen molar-refractivity contribution in [1.29, 1.82) is 0 Å². The third-order valence-electron chi connectivity index (χ3n) is 7.28. The first-order valence-electron chi connectivity index (χ1n) is 13.4. The number of rotatable bonds is 9. The van der Waals surface area contributed by atoms with Crippen LogP contribution in [0.25, 0.3) is 21.9 Å². The van der Waals surface area contributed by atoms with Crippen LogP contribution in [0.5, 0.6) is 0 Å². The van der Waals surface area contributed by atoms with E-state index in [-0.39, 0.29) is 0 Å². The van der Waals surface area contributed by atoms with E-state index >= 15 is 0 Å². The zero-order valence-corrected chi connectivity index (χ0v) is 21.9. The molecule has 3 heterocycles. The summed E-state index contributed by atoms with van der Waals surface area (Å²) in [6.07, 6.45) is 9.94. The minimum absolute atomic E-state index is 0.437. The van der Waals surface area contributed by atoms with Crippen LogP contribution in [-0.4, -0.2) is 54.6 Å². The molecule has 1 aliphatic rings. The molecule has 8 heteroatoms. The van der Waals surface area contributed by atoms with Gasteiger partial charge in [0.25, 0.3) is 0 Å². The molecule has 8 nitrogen and oxygen atoms in total. The highest BCUT2D eigenvalue weighted by molar-refractivity contribution is 5.93. The monoisotopic (exact) mass is 486 g/mol. The van der Waals surface area contributed by atoms with Gasteiger partial charge in [0.1, 0.15) is 5.82 Å². The predicted octanol–water partition coefficient (Wildman–Crippen LogP) is 6.15. The van der Waals surface area contributed by atoms with Gasteiger partial charge >= 0.3 is 0 Å². The van der Waals surface area contributed by atoms with Gasteiger partial charge in [-0.3, -0.25) is 4.90 Å². The summed E-state index contributed by atoms with van der Waals surface area (Å²) in [5, 5.41) is 9.16. The van der Waals surface area contributed by atoms with Crippen LogP contribution in [-0.2, 0) is 0 Å². The van der Waals surface area contributed by atoms with Crippen molar-refractivity contribution < 1.29 is 0 Å². The Morgan fingerprint density at radius 1 is 0.944 bits per heavy atom. The zero-order valence-electron chi connectivity index (χ0n) is 21.9. The Balaban J connectivity index is 1.49. The van der Waals surface area contributed by atoms with Gasteiger partial charge in [-0.25, -0.2) is 9.97 Å². The van der Waals surface area contributed by atoms with Crippen molar-refractivity contribution in [1.82, 2.24) is 29.4 Å². The predicted molar refractivity (Wildman–Crippen MR) is 148 cm³/mol. The van der Waals surface area contributed by atoms with Crippen LogP contribution < -0.4 is 10.6 Å². The third kappa shape index (κ3) is 5.14. The van der Waals surface area contributed by atoms with E-state index in [0.717, 1.165) is 46.7 Å². The molecular formula is C28H38N8. The van der Waals surface area contributed by atoms with Crippen LogP contribution in [0.1, 0.15) is 65.8 Å². The first-order valence-corrected chi connectivity index (χ1v) is 13.4. The summed E-state index contributed by atoms with van der Waals surface area (Å²) in [5.74, 6) is 2.06. The second kappa shape index (κ2) is 10.8. The highest BCUT2D eigenvalue weighted by Gasteiger charge is 2.21. The normalized spacial score (nSPS) is 15.0. The minimum atomic E-state index is 0.437. The fourth-order valence-corrected chi connectivity index (χ4v) is 5.46. The summed E-state index contributed by atoms with van der Waals surface area (Å²) in [6, 6.07) is 11.6. The number of fused-ring (bicyclic) bond motifs is 2. The molecule has 1 aliphatic carbocycles. The number of hydrogen-bond donors (Lipinski definition) is 2. The number of nitrogens with one attached hydrogen (secondary N) is 2. The molecule has 0 spiro atoms. The molecule has 1 saturated carbocycles. The van der Waals surface area contributed by atoms with Crippen LogP contribution in [0, 0.1) is 0 Å². The van der Waals surface area contributed by atoms with Gasteiger partial charge in [0, 0.05) is 42.8 Å². The second-order valence-corrected chi connectivity index (χ2v) is 10.4. The van der Waals surface area contributed by atoms with E-state index in [4.69, 9.17) is 15.0 Å². The molecule has 36 heavy (non-hydrogen) atoms. The molecule has 4 aromatic rings. The summed E-state index contributed by atoms with van der Waals surface area (Å²) in [4.78, 5) is 21.7. The van der Waals surface area contributed by atoms with Crippen molar-refractivity contribution in [3.63, 3.8) is 0 Å². The highest BCUT2D eigenvalue weighted by atomic mass is 15.2. The second-order valence-electron chi connectivity index (χ2n) is 10.4. The molecule has 0 saturated heterocycles. The molecule has 0 bridgehead atoms. The average Bonchev–Trinajstić information content (AvgIpc) is 3.31. The Hall–Kier alpha value is -3.26. The number of benzene rings is 1. The van der Waals surface area contributed by atoms with Crippen molar-refractivity contribution in [2.24, 2.45) is 0 Å². The van der Waals surface area contributed by atoms with Gasteiger partial charge in [-0.05, 0) is 52.0 Å². The average molecular weight is 487 g/mol. The van der Waals surface area contributed by atoms with Crippen LogP contribution in [0.3, 0.4) is 0 Å². The maximum atomic E-state index is 4.96. The lowest BCUT2D eigenvalue weighted by molar-refractivity contribution is 0.182. The first kappa shape index (κ1) is 24.4.